The summed E-state index contributed by atoms with van der Waals surface area (Å²) in [6.45, 7) is 2.17. The maximum absolute atomic E-state index is 11.0. The molecule has 19 heavy (non-hydrogen) atoms. The highest BCUT2D eigenvalue weighted by Gasteiger charge is 2.10. The summed E-state index contributed by atoms with van der Waals surface area (Å²) < 4.78 is 31.5. The van der Waals surface area contributed by atoms with E-state index in [9.17, 15) is 13.2 Å². The Hall–Kier alpha value is -0.700. The van der Waals surface area contributed by atoms with Crippen molar-refractivity contribution in [2.45, 2.75) is 64.7 Å². The predicted octanol–water partition coefficient (Wildman–Crippen LogP) is 2.73. The van der Waals surface area contributed by atoms with Gasteiger partial charge in [-0.2, -0.15) is 8.42 Å². The van der Waals surface area contributed by atoms with Crippen molar-refractivity contribution in [1.82, 2.24) is 0 Å². The lowest BCUT2D eigenvalue weighted by atomic mass is 10.1. The van der Waals surface area contributed by atoms with Crippen LogP contribution in [0.1, 0.15) is 64.7 Å². The van der Waals surface area contributed by atoms with Gasteiger partial charge in [-0.3, -0.25) is 9.44 Å². The van der Waals surface area contributed by atoms with E-state index in [1.165, 1.54) is 25.7 Å². The van der Waals surface area contributed by atoms with Gasteiger partial charge in [-0.05, 0) is 10.8 Å². The molecule has 0 aromatic rings. The standard InChI is InChI=1S/C11H22O7S/c1-2-3-4-5-6-7-8-9-10-11(12)16-17-18-19(13,14)15/h2-10H2,1H3,(H,13,14,15). The molecule has 1 N–H and O–H groups in total. The quantitative estimate of drug-likeness (QED) is 0.256. The van der Waals surface area contributed by atoms with E-state index in [0.29, 0.717) is 6.42 Å². The summed E-state index contributed by atoms with van der Waals surface area (Å²) in [6.07, 6.45) is 8.81. The lowest BCUT2D eigenvalue weighted by Crippen LogP contribution is -2.10. The second-order valence-corrected chi connectivity index (χ2v) is 5.24. The van der Waals surface area contributed by atoms with Crippen molar-refractivity contribution >= 4 is 16.4 Å². The lowest BCUT2D eigenvalue weighted by molar-refractivity contribution is -0.437. The third-order valence-electron chi connectivity index (χ3n) is 2.48. The van der Waals surface area contributed by atoms with E-state index in [1.54, 1.807) is 0 Å². The van der Waals surface area contributed by atoms with Gasteiger partial charge in [0.1, 0.15) is 0 Å². The van der Waals surface area contributed by atoms with E-state index in [2.05, 4.69) is 21.2 Å². The Balaban J connectivity index is 3.30. The molecule has 0 saturated heterocycles. The lowest BCUT2D eigenvalue weighted by Gasteiger charge is -2.01. The molecule has 0 atom stereocenters. The highest BCUT2D eigenvalue weighted by molar-refractivity contribution is 7.80. The van der Waals surface area contributed by atoms with Crippen molar-refractivity contribution in [1.29, 1.82) is 0 Å². The molecule has 0 fully saturated rings. The number of hydrogen-bond donors (Lipinski definition) is 1. The third kappa shape index (κ3) is 15.2. The highest BCUT2D eigenvalue weighted by atomic mass is 32.3. The Morgan fingerprint density at radius 3 is 2.05 bits per heavy atom. The van der Waals surface area contributed by atoms with Gasteiger partial charge in [-0.1, -0.05) is 51.9 Å². The molecule has 0 amide bonds. The predicted molar refractivity (Wildman–Crippen MR) is 67.0 cm³/mol. The van der Waals surface area contributed by atoms with E-state index in [1.807, 2.05) is 0 Å². The Labute approximate surface area is 114 Å². The maximum Gasteiger partial charge on any atom is 0.427 e. The van der Waals surface area contributed by atoms with Crippen LogP contribution in [0, 0.1) is 0 Å². The molecular weight excluding hydrogens is 276 g/mol. The monoisotopic (exact) mass is 298 g/mol. The molecule has 0 bridgehead atoms. The summed E-state index contributed by atoms with van der Waals surface area (Å²) in [5, 5.41) is 3.59. The van der Waals surface area contributed by atoms with Gasteiger partial charge < -0.3 is 0 Å². The van der Waals surface area contributed by atoms with Crippen molar-refractivity contribution in [3.63, 3.8) is 0 Å². The second kappa shape index (κ2) is 11.2. The molecule has 0 aliphatic heterocycles. The SMILES string of the molecule is CCCCCCCCCCC(=O)OOOS(=O)(=O)O. The fourth-order valence-electron chi connectivity index (χ4n) is 1.53. The van der Waals surface area contributed by atoms with Gasteiger partial charge in [-0.25, -0.2) is 4.79 Å². The maximum atomic E-state index is 11.0. The van der Waals surface area contributed by atoms with Gasteiger partial charge in [0.25, 0.3) is 0 Å². The van der Waals surface area contributed by atoms with Crippen molar-refractivity contribution in [2.75, 3.05) is 0 Å². The zero-order valence-electron chi connectivity index (χ0n) is 11.2. The molecule has 0 aliphatic carbocycles. The van der Waals surface area contributed by atoms with Gasteiger partial charge in [0.05, 0.1) is 0 Å². The first-order chi connectivity index (χ1) is 8.95. The van der Waals surface area contributed by atoms with Gasteiger partial charge in [0, 0.05) is 11.5 Å². The molecule has 0 heterocycles. The summed E-state index contributed by atoms with van der Waals surface area (Å²) in [5.74, 6) is -0.741. The molecular formula is C11H22O7S. The van der Waals surface area contributed by atoms with Gasteiger partial charge in [0.15, 0.2) is 0 Å². The zero-order chi connectivity index (χ0) is 14.6. The molecule has 0 unspecified atom stereocenters. The van der Waals surface area contributed by atoms with E-state index in [0.717, 1.165) is 19.3 Å². The Bertz CT molecular complexity index is 326. The number of rotatable bonds is 12. The summed E-state index contributed by atoms with van der Waals surface area (Å²) in [5.41, 5.74) is 0. The first-order valence-corrected chi connectivity index (χ1v) is 7.85. The molecule has 0 aliphatic rings. The number of carbonyl (C=O) groups is 1. The van der Waals surface area contributed by atoms with Crippen LogP contribution in [0.5, 0.6) is 0 Å². The normalized spacial score (nSPS) is 11.5. The summed E-state index contributed by atoms with van der Waals surface area (Å²) in [7, 11) is -4.76. The largest absolute Gasteiger partial charge is 0.427 e. The molecule has 0 saturated carbocycles. The van der Waals surface area contributed by atoms with E-state index < -0.39 is 16.4 Å². The Morgan fingerprint density at radius 1 is 1.00 bits per heavy atom. The smallest absolute Gasteiger partial charge is 0.268 e. The van der Waals surface area contributed by atoms with Crippen LogP contribution in [-0.2, 0) is 29.5 Å². The van der Waals surface area contributed by atoms with Crippen LogP contribution in [0.3, 0.4) is 0 Å². The van der Waals surface area contributed by atoms with Gasteiger partial charge in [0.2, 0.25) is 0 Å². The Kier molecular flexibility index (Phi) is 10.7. The third-order valence-corrected chi connectivity index (χ3v) is 2.70. The zero-order valence-corrected chi connectivity index (χ0v) is 12.0. The minimum atomic E-state index is -4.76. The minimum absolute atomic E-state index is 0.115. The van der Waals surface area contributed by atoms with Crippen molar-refractivity contribution < 1.29 is 32.0 Å². The van der Waals surface area contributed by atoms with Crippen LogP contribution in [-0.4, -0.2) is 18.9 Å². The van der Waals surface area contributed by atoms with E-state index >= 15 is 0 Å². The van der Waals surface area contributed by atoms with Crippen molar-refractivity contribution in [3.8, 4) is 0 Å². The second-order valence-electron chi connectivity index (χ2n) is 4.24. The average molecular weight is 298 g/mol. The molecule has 114 valence electrons. The van der Waals surface area contributed by atoms with Crippen LogP contribution < -0.4 is 0 Å². The van der Waals surface area contributed by atoms with Gasteiger partial charge in [-0.15, -0.1) is 0 Å². The van der Waals surface area contributed by atoms with E-state index in [4.69, 9.17) is 4.55 Å². The first-order valence-electron chi connectivity index (χ1n) is 6.48. The average Bonchev–Trinajstić information content (AvgIpc) is 2.31. The fraction of sp³-hybridized carbons (Fsp3) is 0.909. The molecule has 0 aromatic carbocycles. The molecule has 0 spiro atoms. The van der Waals surface area contributed by atoms with Crippen molar-refractivity contribution in [3.05, 3.63) is 0 Å². The van der Waals surface area contributed by atoms with Crippen LogP contribution in [0.15, 0.2) is 0 Å². The Morgan fingerprint density at radius 2 is 1.53 bits per heavy atom. The van der Waals surface area contributed by atoms with Crippen LogP contribution in [0.2, 0.25) is 0 Å². The van der Waals surface area contributed by atoms with Crippen LogP contribution in [0.4, 0.5) is 0 Å². The van der Waals surface area contributed by atoms with Crippen LogP contribution in [0.25, 0.3) is 0 Å². The minimum Gasteiger partial charge on any atom is -0.268 e. The molecule has 0 rings (SSSR count). The van der Waals surface area contributed by atoms with Crippen molar-refractivity contribution in [2.24, 2.45) is 0 Å². The number of hydrogen-bond acceptors (Lipinski definition) is 6. The molecule has 8 heteroatoms. The summed E-state index contributed by atoms with van der Waals surface area (Å²) in [6, 6.07) is 0. The number of carbonyl (C=O) groups excluding carboxylic acids is 1. The topological polar surface area (TPSA) is 99.1 Å². The van der Waals surface area contributed by atoms with E-state index in [-0.39, 0.29) is 6.42 Å². The number of unbranched alkanes of at least 4 members (excludes halogenated alkanes) is 7. The first kappa shape index (κ1) is 18.3. The van der Waals surface area contributed by atoms with Crippen LogP contribution >= 0.6 is 0 Å². The summed E-state index contributed by atoms with van der Waals surface area (Å²) in [4.78, 5) is 15.0. The fourth-order valence-corrected chi connectivity index (χ4v) is 1.63. The molecule has 7 nitrogen and oxygen atoms in total. The van der Waals surface area contributed by atoms with Gasteiger partial charge >= 0.3 is 16.4 Å². The molecule has 0 radical (unpaired) electrons. The summed E-state index contributed by atoms with van der Waals surface area (Å²) >= 11 is 0. The highest BCUT2D eigenvalue weighted by Crippen LogP contribution is 2.09. The molecule has 0 aromatic heterocycles.